The van der Waals surface area contributed by atoms with Crippen molar-refractivity contribution in [1.82, 2.24) is 10.2 Å². The number of carbonyl (C=O) groups excluding carboxylic acids is 1. The quantitative estimate of drug-likeness (QED) is 0.898. The Kier molecular flexibility index (Phi) is 3.56. The van der Waals surface area contributed by atoms with E-state index in [1.54, 1.807) is 0 Å². The normalized spacial score (nSPS) is 23.5. The first-order valence-corrected chi connectivity index (χ1v) is 7.31. The van der Waals surface area contributed by atoms with E-state index >= 15 is 0 Å². The number of benzene rings is 1. The molecule has 0 radical (unpaired) electrons. The molecule has 3 nitrogen and oxygen atoms in total. The molecule has 0 unspecified atom stereocenters. The van der Waals surface area contributed by atoms with Gasteiger partial charge in [-0.1, -0.05) is 17.7 Å². The minimum atomic E-state index is 0.0635. The maximum atomic E-state index is 12.1. The van der Waals surface area contributed by atoms with Crippen LogP contribution in [0.2, 0.25) is 0 Å². The van der Waals surface area contributed by atoms with Crippen LogP contribution in [0, 0.1) is 12.8 Å². The van der Waals surface area contributed by atoms with Gasteiger partial charge >= 0.3 is 0 Å². The molecule has 1 N–H and O–H groups in total. The van der Waals surface area contributed by atoms with Gasteiger partial charge in [0.2, 0.25) is 0 Å². The van der Waals surface area contributed by atoms with Crippen molar-refractivity contribution in [2.45, 2.75) is 32.2 Å². The molecule has 3 rings (SSSR count). The largest absolute Gasteiger partial charge is 0.352 e. The Labute approximate surface area is 115 Å². The third kappa shape index (κ3) is 3.16. The second-order valence-electron chi connectivity index (χ2n) is 5.96. The average molecular weight is 258 g/mol. The van der Waals surface area contributed by atoms with Crippen molar-refractivity contribution in [1.29, 1.82) is 0 Å². The lowest BCUT2D eigenvalue weighted by atomic mass is 10.1. The van der Waals surface area contributed by atoms with Crippen LogP contribution in [-0.2, 0) is 0 Å². The van der Waals surface area contributed by atoms with E-state index in [0.29, 0.717) is 5.92 Å². The lowest BCUT2D eigenvalue weighted by Gasteiger charge is -2.15. The van der Waals surface area contributed by atoms with Crippen molar-refractivity contribution in [3.05, 3.63) is 35.4 Å². The Balaban J connectivity index is 1.48. The fourth-order valence-electron chi connectivity index (χ4n) is 2.93. The van der Waals surface area contributed by atoms with E-state index in [2.05, 4.69) is 10.2 Å². The molecule has 1 aliphatic carbocycles. The molecular formula is C16H22N2O. The van der Waals surface area contributed by atoms with Crippen LogP contribution in [0.15, 0.2) is 24.3 Å². The van der Waals surface area contributed by atoms with Crippen molar-refractivity contribution in [2.24, 2.45) is 5.92 Å². The fraction of sp³-hybridized carbons (Fsp3) is 0.562. The average Bonchev–Trinajstić information content (AvgIpc) is 3.15. The minimum Gasteiger partial charge on any atom is -0.352 e. The van der Waals surface area contributed by atoms with Crippen LogP contribution in [-0.4, -0.2) is 36.5 Å². The van der Waals surface area contributed by atoms with Crippen LogP contribution in [0.1, 0.15) is 35.2 Å². The summed E-state index contributed by atoms with van der Waals surface area (Å²) in [5.74, 6) is 0.697. The van der Waals surface area contributed by atoms with Gasteiger partial charge in [0.25, 0.3) is 5.91 Å². The molecule has 2 aliphatic rings. The Morgan fingerprint density at radius 1 is 1.37 bits per heavy atom. The summed E-state index contributed by atoms with van der Waals surface area (Å²) in [6, 6.07) is 8.64. The molecule has 1 saturated carbocycles. The summed E-state index contributed by atoms with van der Waals surface area (Å²) in [5.41, 5.74) is 1.91. The highest BCUT2D eigenvalue weighted by Gasteiger charge is 2.34. The zero-order valence-electron chi connectivity index (χ0n) is 11.6. The maximum Gasteiger partial charge on any atom is 0.251 e. The predicted octanol–water partition coefficient (Wildman–Crippen LogP) is 2.21. The minimum absolute atomic E-state index is 0.0635. The van der Waals surface area contributed by atoms with Gasteiger partial charge in [0.1, 0.15) is 0 Å². The molecule has 3 heteroatoms. The smallest absolute Gasteiger partial charge is 0.251 e. The molecule has 0 spiro atoms. The Morgan fingerprint density at radius 2 is 2.21 bits per heavy atom. The first-order valence-electron chi connectivity index (χ1n) is 7.31. The van der Waals surface area contributed by atoms with Gasteiger partial charge in [0.15, 0.2) is 0 Å². The molecule has 2 fully saturated rings. The van der Waals surface area contributed by atoms with E-state index in [1.807, 2.05) is 31.2 Å². The Bertz CT molecular complexity index is 468. The molecule has 1 amide bonds. The molecule has 1 aromatic carbocycles. The van der Waals surface area contributed by atoms with Crippen molar-refractivity contribution >= 4 is 5.91 Å². The predicted molar refractivity (Wildman–Crippen MR) is 76.2 cm³/mol. The summed E-state index contributed by atoms with van der Waals surface area (Å²) in [4.78, 5) is 14.6. The molecule has 0 bridgehead atoms. The second-order valence-corrected chi connectivity index (χ2v) is 5.96. The van der Waals surface area contributed by atoms with Gasteiger partial charge in [0, 0.05) is 24.7 Å². The lowest BCUT2D eigenvalue weighted by molar-refractivity contribution is 0.0947. The number of carbonyl (C=O) groups is 1. The molecule has 1 aromatic rings. The van der Waals surface area contributed by atoms with Crippen LogP contribution >= 0.6 is 0 Å². The number of hydrogen-bond acceptors (Lipinski definition) is 2. The highest BCUT2D eigenvalue weighted by Crippen LogP contribution is 2.31. The summed E-state index contributed by atoms with van der Waals surface area (Å²) in [6.07, 6.45) is 3.98. The molecule has 1 aliphatic heterocycles. The fourth-order valence-corrected chi connectivity index (χ4v) is 2.93. The van der Waals surface area contributed by atoms with Gasteiger partial charge in [-0.2, -0.15) is 0 Å². The van der Waals surface area contributed by atoms with E-state index in [-0.39, 0.29) is 5.91 Å². The lowest BCUT2D eigenvalue weighted by Crippen LogP contribution is -2.31. The van der Waals surface area contributed by atoms with Gasteiger partial charge < -0.3 is 10.2 Å². The Hall–Kier alpha value is -1.35. The number of likely N-dealkylation sites (tertiary alicyclic amines) is 1. The standard InChI is InChI=1S/C16H22N2O/c1-12-3-2-4-14(9-12)16(19)17-10-13-7-8-18(11-13)15-5-6-15/h2-4,9,13,15H,5-8,10-11H2,1H3,(H,17,19)/t13-/m1/s1. The number of rotatable bonds is 4. The van der Waals surface area contributed by atoms with Gasteiger partial charge in [-0.05, 0) is 50.8 Å². The molecule has 102 valence electrons. The van der Waals surface area contributed by atoms with Crippen molar-refractivity contribution < 1.29 is 4.79 Å². The van der Waals surface area contributed by atoms with Gasteiger partial charge in [-0.3, -0.25) is 4.79 Å². The molecule has 1 heterocycles. The second kappa shape index (κ2) is 5.33. The summed E-state index contributed by atoms with van der Waals surface area (Å²) < 4.78 is 0. The van der Waals surface area contributed by atoms with Crippen LogP contribution in [0.4, 0.5) is 0 Å². The first kappa shape index (κ1) is 12.7. The van der Waals surface area contributed by atoms with Gasteiger partial charge in [-0.15, -0.1) is 0 Å². The zero-order chi connectivity index (χ0) is 13.2. The monoisotopic (exact) mass is 258 g/mol. The maximum absolute atomic E-state index is 12.1. The first-order chi connectivity index (χ1) is 9.22. The molecule has 1 atom stereocenters. The van der Waals surface area contributed by atoms with Crippen molar-refractivity contribution in [3.8, 4) is 0 Å². The van der Waals surface area contributed by atoms with E-state index < -0.39 is 0 Å². The summed E-state index contributed by atoms with van der Waals surface area (Å²) in [6.45, 7) is 5.21. The number of nitrogens with zero attached hydrogens (tertiary/aromatic N) is 1. The molecule has 19 heavy (non-hydrogen) atoms. The van der Waals surface area contributed by atoms with E-state index in [4.69, 9.17) is 0 Å². The molecular weight excluding hydrogens is 236 g/mol. The third-order valence-corrected chi connectivity index (χ3v) is 4.21. The van der Waals surface area contributed by atoms with Crippen LogP contribution in [0.3, 0.4) is 0 Å². The number of nitrogens with one attached hydrogen (secondary N) is 1. The van der Waals surface area contributed by atoms with Crippen LogP contribution < -0.4 is 5.32 Å². The third-order valence-electron chi connectivity index (χ3n) is 4.21. The highest BCUT2D eigenvalue weighted by molar-refractivity contribution is 5.94. The summed E-state index contributed by atoms with van der Waals surface area (Å²) >= 11 is 0. The summed E-state index contributed by atoms with van der Waals surface area (Å²) in [7, 11) is 0. The molecule has 0 aromatic heterocycles. The Morgan fingerprint density at radius 3 is 2.95 bits per heavy atom. The highest BCUT2D eigenvalue weighted by atomic mass is 16.1. The van der Waals surface area contributed by atoms with Crippen molar-refractivity contribution in [2.75, 3.05) is 19.6 Å². The van der Waals surface area contributed by atoms with E-state index in [1.165, 1.54) is 32.4 Å². The number of aryl methyl sites for hydroxylation is 1. The van der Waals surface area contributed by atoms with Crippen LogP contribution in [0.5, 0.6) is 0 Å². The van der Waals surface area contributed by atoms with Crippen molar-refractivity contribution in [3.63, 3.8) is 0 Å². The van der Waals surface area contributed by atoms with E-state index in [9.17, 15) is 4.79 Å². The SMILES string of the molecule is Cc1cccc(C(=O)NC[C@H]2CCN(C3CC3)C2)c1. The van der Waals surface area contributed by atoms with Crippen LogP contribution in [0.25, 0.3) is 0 Å². The van der Waals surface area contributed by atoms with Gasteiger partial charge in [-0.25, -0.2) is 0 Å². The van der Waals surface area contributed by atoms with E-state index in [0.717, 1.165) is 23.7 Å². The number of amides is 1. The number of hydrogen-bond donors (Lipinski definition) is 1. The summed E-state index contributed by atoms with van der Waals surface area (Å²) in [5, 5.41) is 3.08. The van der Waals surface area contributed by atoms with Gasteiger partial charge in [0.05, 0.1) is 0 Å². The molecule has 1 saturated heterocycles. The zero-order valence-corrected chi connectivity index (χ0v) is 11.6. The topological polar surface area (TPSA) is 32.3 Å².